The average Bonchev–Trinajstić information content (AvgIpc) is 2.63. The van der Waals surface area contributed by atoms with Gasteiger partial charge in [0.05, 0.1) is 10.4 Å². The zero-order valence-electron chi connectivity index (χ0n) is 8.24. The van der Waals surface area contributed by atoms with Crippen molar-refractivity contribution in [1.82, 2.24) is 4.98 Å². The number of hydrogen-bond donors (Lipinski definition) is 1. The Morgan fingerprint density at radius 1 is 1.43 bits per heavy atom. The maximum Gasteiger partial charge on any atom is 0.181 e. The Bertz CT molecular complexity index is 279. The van der Waals surface area contributed by atoms with Gasteiger partial charge in [-0.05, 0) is 18.8 Å². The van der Waals surface area contributed by atoms with E-state index in [2.05, 4.69) is 4.98 Å². The molecule has 4 heteroatoms. The first-order chi connectivity index (χ1) is 6.84. The van der Waals surface area contributed by atoms with E-state index in [1.165, 1.54) is 42.1 Å². The number of hydrogen-bond acceptors (Lipinski definition) is 4. The van der Waals surface area contributed by atoms with Gasteiger partial charge in [-0.3, -0.25) is 0 Å². The molecule has 0 radical (unpaired) electrons. The van der Waals surface area contributed by atoms with Crippen LogP contribution in [0.5, 0.6) is 0 Å². The Kier molecular flexibility index (Phi) is 3.70. The monoisotopic (exact) mass is 228 g/mol. The third-order valence-corrected chi connectivity index (χ3v) is 4.94. The Labute approximate surface area is 93.3 Å². The molecule has 0 saturated heterocycles. The molecule has 2 nitrogen and oxygen atoms in total. The predicted molar refractivity (Wildman–Crippen MR) is 63.8 cm³/mol. The topological polar surface area (TPSA) is 38.9 Å². The van der Waals surface area contributed by atoms with Crippen LogP contribution in [-0.4, -0.2) is 10.7 Å². The maximum absolute atomic E-state index is 5.58. The minimum absolute atomic E-state index is 0.691. The van der Waals surface area contributed by atoms with Crippen LogP contribution in [0, 0.1) is 5.92 Å². The number of nitrogens with two attached hydrogens (primary N) is 1. The molecule has 78 valence electrons. The summed E-state index contributed by atoms with van der Waals surface area (Å²) in [4.78, 5) is 4.06. The number of anilines is 1. The Morgan fingerprint density at radius 3 is 2.86 bits per heavy atom. The van der Waals surface area contributed by atoms with Crippen LogP contribution in [0.1, 0.15) is 32.1 Å². The highest BCUT2D eigenvalue weighted by atomic mass is 32.2. The summed E-state index contributed by atoms with van der Waals surface area (Å²) in [5, 5.41) is 0.691. The van der Waals surface area contributed by atoms with Crippen molar-refractivity contribution in [2.75, 3.05) is 11.5 Å². The van der Waals surface area contributed by atoms with Crippen LogP contribution in [-0.2, 0) is 0 Å². The molecule has 1 aliphatic carbocycles. The van der Waals surface area contributed by atoms with E-state index in [-0.39, 0.29) is 0 Å². The van der Waals surface area contributed by atoms with E-state index in [9.17, 15) is 0 Å². The van der Waals surface area contributed by atoms with Gasteiger partial charge in [-0.15, -0.1) is 11.8 Å². The van der Waals surface area contributed by atoms with Crippen LogP contribution in [0.25, 0.3) is 0 Å². The highest BCUT2D eigenvalue weighted by molar-refractivity contribution is 8.01. The third-order valence-electron chi connectivity index (χ3n) is 2.69. The summed E-state index contributed by atoms with van der Waals surface area (Å²) in [6.45, 7) is 0. The van der Waals surface area contributed by atoms with Crippen molar-refractivity contribution in [3.8, 4) is 0 Å². The first-order valence-electron chi connectivity index (χ1n) is 5.18. The van der Waals surface area contributed by atoms with Crippen LogP contribution >= 0.6 is 23.1 Å². The third kappa shape index (κ3) is 2.89. The molecule has 0 atom stereocenters. The van der Waals surface area contributed by atoms with Gasteiger partial charge in [0.2, 0.25) is 0 Å². The molecule has 1 aliphatic rings. The van der Waals surface area contributed by atoms with Gasteiger partial charge in [-0.25, -0.2) is 4.98 Å². The summed E-state index contributed by atoms with van der Waals surface area (Å²) < 4.78 is 1.27. The van der Waals surface area contributed by atoms with Gasteiger partial charge in [0.1, 0.15) is 0 Å². The first-order valence-corrected chi connectivity index (χ1v) is 6.99. The number of aromatic nitrogens is 1. The Morgan fingerprint density at radius 2 is 2.21 bits per heavy atom. The lowest BCUT2D eigenvalue weighted by molar-refractivity contribution is 0.391. The number of rotatable bonds is 3. The van der Waals surface area contributed by atoms with E-state index >= 15 is 0 Å². The molecule has 14 heavy (non-hydrogen) atoms. The Balaban J connectivity index is 1.76. The highest BCUT2D eigenvalue weighted by Gasteiger charge is 2.13. The number of nitrogen functional groups attached to an aromatic ring is 1. The molecule has 0 aliphatic heterocycles. The van der Waals surface area contributed by atoms with Crippen LogP contribution in [0.15, 0.2) is 10.4 Å². The lowest BCUT2D eigenvalue weighted by atomic mass is 9.91. The second-order valence-corrected chi connectivity index (χ2v) is 6.22. The molecule has 0 unspecified atom stereocenters. The molecule has 1 aromatic heterocycles. The molecule has 0 amide bonds. The number of thioether (sulfide) groups is 1. The molecular weight excluding hydrogens is 212 g/mol. The molecule has 0 bridgehead atoms. The van der Waals surface area contributed by atoms with E-state index in [1.54, 1.807) is 11.3 Å². The molecule has 2 N–H and O–H groups in total. The molecule has 1 aromatic rings. The van der Waals surface area contributed by atoms with Crippen LogP contribution in [0.3, 0.4) is 0 Å². The Hall–Kier alpha value is -0.220. The van der Waals surface area contributed by atoms with E-state index in [0.29, 0.717) is 5.13 Å². The van der Waals surface area contributed by atoms with E-state index in [1.807, 2.05) is 18.0 Å². The first kappa shape index (κ1) is 10.3. The molecule has 1 saturated carbocycles. The van der Waals surface area contributed by atoms with Crippen molar-refractivity contribution >= 4 is 28.2 Å². The summed E-state index contributed by atoms with van der Waals surface area (Å²) in [5.74, 6) is 2.18. The van der Waals surface area contributed by atoms with Crippen LogP contribution in [0.4, 0.5) is 5.13 Å². The summed E-state index contributed by atoms with van der Waals surface area (Å²) in [5.41, 5.74) is 5.58. The molecule has 1 heterocycles. The second kappa shape index (κ2) is 5.03. The SMILES string of the molecule is Nc1ncc(SCC2CCCCC2)s1. The number of thiazole rings is 1. The summed E-state index contributed by atoms with van der Waals surface area (Å²) >= 11 is 3.53. The normalized spacial score (nSPS) is 18.6. The largest absolute Gasteiger partial charge is 0.375 e. The van der Waals surface area contributed by atoms with Gasteiger partial charge in [0, 0.05) is 5.75 Å². The summed E-state index contributed by atoms with van der Waals surface area (Å²) in [6, 6.07) is 0. The minimum atomic E-state index is 0.691. The molecule has 0 spiro atoms. The molecule has 0 aromatic carbocycles. The fourth-order valence-electron chi connectivity index (χ4n) is 1.89. The zero-order chi connectivity index (χ0) is 9.80. The zero-order valence-corrected chi connectivity index (χ0v) is 9.87. The van der Waals surface area contributed by atoms with Crippen LogP contribution in [0.2, 0.25) is 0 Å². The van der Waals surface area contributed by atoms with E-state index in [4.69, 9.17) is 5.73 Å². The van der Waals surface area contributed by atoms with Crippen molar-refractivity contribution in [1.29, 1.82) is 0 Å². The number of nitrogens with zero attached hydrogens (tertiary/aromatic N) is 1. The summed E-state index contributed by atoms with van der Waals surface area (Å²) in [7, 11) is 0. The molecule has 2 rings (SSSR count). The second-order valence-electron chi connectivity index (χ2n) is 3.83. The standard InChI is InChI=1S/C10H16N2S2/c11-10-12-6-9(14-10)13-7-8-4-2-1-3-5-8/h6,8H,1-5,7H2,(H2,11,12). The van der Waals surface area contributed by atoms with Crippen molar-refractivity contribution in [3.05, 3.63) is 6.20 Å². The lowest BCUT2D eigenvalue weighted by Gasteiger charge is -2.20. The highest BCUT2D eigenvalue weighted by Crippen LogP contribution is 2.32. The van der Waals surface area contributed by atoms with Crippen LogP contribution < -0.4 is 5.73 Å². The van der Waals surface area contributed by atoms with Gasteiger partial charge < -0.3 is 5.73 Å². The smallest absolute Gasteiger partial charge is 0.181 e. The van der Waals surface area contributed by atoms with Crippen molar-refractivity contribution in [2.24, 2.45) is 5.92 Å². The summed E-state index contributed by atoms with van der Waals surface area (Å²) in [6.07, 6.45) is 9.02. The average molecular weight is 228 g/mol. The molecular formula is C10H16N2S2. The predicted octanol–water partition coefficient (Wildman–Crippen LogP) is 3.40. The minimum Gasteiger partial charge on any atom is -0.375 e. The van der Waals surface area contributed by atoms with E-state index < -0.39 is 0 Å². The van der Waals surface area contributed by atoms with Gasteiger partial charge >= 0.3 is 0 Å². The van der Waals surface area contributed by atoms with E-state index in [0.717, 1.165) is 5.92 Å². The van der Waals surface area contributed by atoms with Gasteiger partial charge in [-0.2, -0.15) is 0 Å². The van der Waals surface area contributed by atoms with Gasteiger partial charge in [0.25, 0.3) is 0 Å². The van der Waals surface area contributed by atoms with Crippen molar-refractivity contribution in [3.63, 3.8) is 0 Å². The maximum atomic E-state index is 5.58. The van der Waals surface area contributed by atoms with Gasteiger partial charge in [0.15, 0.2) is 5.13 Å². The van der Waals surface area contributed by atoms with Gasteiger partial charge in [-0.1, -0.05) is 30.6 Å². The fourth-order valence-corrected chi connectivity index (χ4v) is 3.87. The molecule has 1 fully saturated rings. The van der Waals surface area contributed by atoms with Crippen molar-refractivity contribution in [2.45, 2.75) is 36.3 Å². The lowest BCUT2D eigenvalue weighted by Crippen LogP contribution is -2.08. The quantitative estimate of drug-likeness (QED) is 0.806. The fraction of sp³-hybridized carbons (Fsp3) is 0.700. The van der Waals surface area contributed by atoms with Crippen molar-refractivity contribution < 1.29 is 0 Å².